The Hall–Kier alpha value is -1.29. The third-order valence-electron chi connectivity index (χ3n) is 1.01. The van der Waals surface area contributed by atoms with Gasteiger partial charge in [0, 0.05) is 5.70 Å². The first-order chi connectivity index (χ1) is 5.49. The molecule has 0 atom stereocenters. The van der Waals surface area contributed by atoms with E-state index < -0.39 is 16.9 Å². The van der Waals surface area contributed by atoms with Gasteiger partial charge in [0.15, 0.2) is 0 Å². The molecule has 66 valence electrons. The molecule has 0 aromatic carbocycles. The molecule has 4 nitrogen and oxygen atoms in total. The van der Waals surface area contributed by atoms with Crippen molar-refractivity contribution in [1.29, 1.82) is 0 Å². The van der Waals surface area contributed by atoms with Crippen LogP contribution in [0.5, 0.6) is 0 Å². The minimum atomic E-state index is -1.28. The number of amides is 1. The molecule has 0 aromatic heterocycles. The van der Waals surface area contributed by atoms with Gasteiger partial charge in [0.25, 0.3) is 0 Å². The van der Waals surface area contributed by atoms with E-state index in [4.69, 9.17) is 16.7 Å². The van der Waals surface area contributed by atoms with Crippen LogP contribution in [0, 0.1) is 0 Å². The molecule has 12 heavy (non-hydrogen) atoms. The first kappa shape index (κ1) is 10.7. The fraction of sp³-hybridized carbons (Fsp3) is 0.143. The molecule has 0 radical (unpaired) electrons. The van der Waals surface area contributed by atoms with E-state index in [9.17, 15) is 9.59 Å². The fourth-order valence-electron chi connectivity index (χ4n) is 0.451. The van der Waals surface area contributed by atoms with E-state index >= 15 is 0 Å². The van der Waals surface area contributed by atoms with E-state index in [0.717, 1.165) is 6.08 Å². The molecule has 0 unspecified atom stereocenters. The maximum absolute atomic E-state index is 10.6. The van der Waals surface area contributed by atoms with E-state index in [1.165, 1.54) is 6.92 Å². The molecule has 0 saturated carbocycles. The van der Waals surface area contributed by atoms with Crippen LogP contribution < -0.4 is 5.32 Å². The molecule has 0 fully saturated rings. The molecule has 2 N–H and O–H groups in total. The molecule has 0 aliphatic rings. The Bertz CT molecular complexity index is 257. The van der Waals surface area contributed by atoms with Crippen LogP contribution >= 0.6 is 11.6 Å². The third-order valence-corrected chi connectivity index (χ3v) is 1.46. The van der Waals surface area contributed by atoms with Gasteiger partial charge < -0.3 is 10.4 Å². The molecule has 5 heteroatoms. The van der Waals surface area contributed by atoms with Gasteiger partial charge in [0.1, 0.15) is 5.03 Å². The summed E-state index contributed by atoms with van der Waals surface area (Å²) < 4.78 is 0. The summed E-state index contributed by atoms with van der Waals surface area (Å²) in [5, 5.41) is 10.2. The highest BCUT2D eigenvalue weighted by Crippen LogP contribution is 2.05. The molecule has 0 heterocycles. The lowest BCUT2D eigenvalue weighted by Crippen LogP contribution is -2.20. The normalized spacial score (nSPS) is 11.5. The standard InChI is InChI=1S/C7H8ClNO3/c1-3-5(10)9-4(2)6(8)7(11)12/h3H,1H2,2H3,(H,9,10)(H,11,12). The highest BCUT2D eigenvalue weighted by atomic mass is 35.5. The number of nitrogens with one attached hydrogen (secondary N) is 1. The Morgan fingerprint density at radius 1 is 1.58 bits per heavy atom. The van der Waals surface area contributed by atoms with Crippen LogP contribution in [0.3, 0.4) is 0 Å². The summed E-state index contributed by atoms with van der Waals surface area (Å²) in [6.45, 7) is 4.58. The highest BCUT2D eigenvalue weighted by Gasteiger charge is 2.08. The van der Waals surface area contributed by atoms with Gasteiger partial charge in [-0.05, 0) is 13.0 Å². The Kier molecular flexibility index (Phi) is 4.07. The smallest absolute Gasteiger partial charge is 0.349 e. The summed E-state index contributed by atoms with van der Waals surface area (Å²) in [6.07, 6.45) is 1.02. The molecular weight excluding hydrogens is 182 g/mol. The average Bonchev–Trinajstić information content (AvgIpc) is 2.02. The van der Waals surface area contributed by atoms with Crippen LogP contribution in [-0.4, -0.2) is 17.0 Å². The molecule has 0 aliphatic carbocycles. The van der Waals surface area contributed by atoms with Gasteiger partial charge in [-0.3, -0.25) is 4.79 Å². The topological polar surface area (TPSA) is 66.4 Å². The van der Waals surface area contributed by atoms with Crippen molar-refractivity contribution in [2.24, 2.45) is 0 Å². The summed E-state index contributed by atoms with van der Waals surface area (Å²) in [7, 11) is 0. The predicted octanol–water partition coefficient (Wildman–Crippen LogP) is 0.843. The number of halogens is 1. The van der Waals surface area contributed by atoms with Gasteiger partial charge in [-0.15, -0.1) is 0 Å². The van der Waals surface area contributed by atoms with Crippen LogP contribution in [0.2, 0.25) is 0 Å². The monoisotopic (exact) mass is 189 g/mol. The third kappa shape index (κ3) is 3.21. The van der Waals surface area contributed by atoms with Gasteiger partial charge in [-0.1, -0.05) is 18.2 Å². The van der Waals surface area contributed by atoms with E-state index in [2.05, 4.69) is 11.9 Å². The molecule has 1 amide bonds. The van der Waals surface area contributed by atoms with Gasteiger partial charge in [0.2, 0.25) is 5.91 Å². The lowest BCUT2D eigenvalue weighted by molar-refractivity contribution is -0.131. The molecular formula is C7H8ClNO3. The number of carbonyl (C=O) groups is 2. The summed E-state index contributed by atoms with van der Waals surface area (Å²) >= 11 is 5.30. The molecule has 0 aromatic rings. The maximum Gasteiger partial charge on any atom is 0.349 e. The summed E-state index contributed by atoms with van der Waals surface area (Å²) in [4.78, 5) is 20.9. The number of allylic oxidation sites excluding steroid dienone is 1. The molecule has 0 bridgehead atoms. The van der Waals surface area contributed by atoms with Crippen molar-refractivity contribution in [3.63, 3.8) is 0 Å². The van der Waals surface area contributed by atoms with Gasteiger partial charge in [-0.2, -0.15) is 0 Å². The average molecular weight is 190 g/mol. The lowest BCUT2D eigenvalue weighted by Gasteiger charge is -2.01. The van der Waals surface area contributed by atoms with Crippen molar-refractivity contribution >= 4 is 23.5 Å². The summed E-state index contributed by atoms with van der Waals surface area (Å²) in [5.41, 5.74) is 0.0917. The van der Waals surface area contributed by atoms with E-state index in [0.29, 0.717) is 0 Å². The lowest BCUT2D eigenvalue weighted by atomic mass is 10.4. The zero-order chi connectivity index (χ0) is 9.72. The summed E-state index contributed by atoms with van der Waals surface area (Å²) in [5.74, 6) is -1.77. The number of carboxylic acids is 1. The van der Waals surface area contributed by atoms with Crippen molar-refractivity contribution < 1.29 is 14.7 Å². The molecule has 0 rings (SSSR count). The van der Waals surface area contributed by atoms with Crippen LogP contribution in [0.15, 0.2) is 23.4 Å². The number of rotatable bonds is 3. The fourth-order valence-corrected chi connectivity index (χ4v) is 0.498. The number of hydrogen-bond donors (Lipinski definition) is 2. The Morgan fingerprint density at radius 2 is 2.08 bits per heavy atom. The minimum Gasteiger partial charge on any atom is -0.477 e. The van der Waals surface area contributed by atoms with Crippen LogP contribution in [0.4, 0.5) is 0 Å². The summed E-state index contributed by atoms with van der Waals surface area (Å²) in [6, 6.07) is 0. The van der Waals surface area contributed by atoms with Crippen LogP contribution in [0.1, 0.15) is 6.92 Å². The van der Waals surface area contributed by atoms with Crippen molar-refractivity contribution in [3.05, 3.63) is 23.4 Å². The molecule has 0 saturated heterocycles. The molecule has 0 aliphatic heterocycles. The van der Waals surface area contributed by atoms with E-state index in [-0.39, 0.29) is 5.70 Å². The number of hydrogen-bond acceptors (Lipinski definition) is 2. The van der Waals surface area contributed by atoms with Gasteiger partial charge >= 0.3 is 5.97 Å². The van der Waals surface area contributed by atoms with Crippen LogP contribution in [0.25, 0.3) is 0 Å². The maximum atomic E-state index is 10.6. The van der Waals surface area contributed by atoms with E-state index in [1.54, 1.807) is 0 Å². The minimum absolute atomic E-state index is 0.0917. The van der Waals surface area contributed by atoms with E-state index in [1.807, 2.05) is 0 Å². The second-order valence-electron chi connectivity index (χ2n) is 1.94. The van der Waals surface area contributed by atoms with Crippen LogP contribution in [-0.2, 0) is 9.59 Å². The molecule has 0 spiro atoms. The van der Waals surface area contributed by atoms with Crippen molar-refractivity contribution in [2.75, 3.05) is 0 Å². The zero-order valence-corrected chi connectivity index (χ0v) is 7.18. The second-order valence-corrected chi connectivity index (χ2v) is 2.32. The van der Waals surface area contributed by atoms with Crippen molar-refractivity contribution in [2.45, 2.75) is 6.92 Å². The first-order valence-electron chi connectivity index (χ1n) is 3.02. The Morgan fingerprint density at radius 3 is 2.42 bits per heavy atom. The number of carbonyl (C=O) groups excluding carboxylic acids is 1. The second kappa shape index (κ2) is 4.56. The first-order valence-corrected chi connectivity index (χ1v) is 3.40. The number of carboxylic acid groups (broad SMARTS) is 1. The largest absolute Gasteiger partial charge is 0.477 e. The van der Waals surface area contributed by atoms with Gasteiger partial charge in [-0.25, -0.2) is 4.79 Å². The Labute approximate surface area is 74.5 Å². The highest BCUT2D eigenvalue weighted by molar-refractivity contribution is 6.41. The SMILES string of the molecule is C=CC(=O)NC(C)=C(Cl)C(=O)O. The quantitative estimate of drug-likeness (QED) is 0.647. The zero-order valence-electron chi connectivity index (χ0n) is 6.43. The Balaban J connectivity index is 4.47. The van der Waals surface area contributed by atoms with Crippen molar-refractivity contribution in [1.82, 2.24) is 5.32 Å². The van der Waals surface area contributed by atoms with Crippen molar-refractivity contribution in [3.8, 4) is 0 Å². The number of aliphatic carboxylic acids is 1. The predicted molar refractivity (Wildman–Crippen MR) is 44.5 cm³/mol. The van der Waals surface area contributed by atoms with Gasteiger partial charge in [0.05, 0.1) is 0 Å².